The molecule has 1 aliphatic heterocycles. The molecule has 128 valence electrons. The molecule has 3 rings (SSSR count). The molecule has 1 aliphatic rings. The highest BCUT2D eigenvalue weighted by Gasteiger charge is 2.39. The number of hydrogen-bond donors (Lipinski definition) is 0. The Kier molecular flexibility index (Phi) is 4.65. The van der Waals surface area contributed by atoms with Crippen LogP contribution in [0.1, 0.15) is 30.5 Å². The van der Waals surface area contributed by atoms with Crippen LogP contribution >= 0.6 is 0 Å². The molecule has 1 saturated heterocycles. The van der Waals surface area contributed by atoms with Crippen molar-refractivity contribution in [1.29, 1.82) is 0 Å². The molecular weight excluding hydrogens is 322 g/mol. The molecule has 2 aromatic carbocycles. The number of benzene rings is 2. The second-order valence-corrected chi connectivity index (χ2v) is 8.41. The van der Waals surface area contributed by atoms with E-state index in [1.54, 1.807) is 23.5 Å². The fourth-order valence-corrected chi connectivity index (χ4v) is 4.99. The standard InChI is InChI=1S/C19H23NO3S/c1-14-4-10-18(11-5-14)24(21,22)20-13-15(2)12-19(20)16-6-8-17(23-3)9-7-16/h4-11,15,19H,12-13H2,1-3H3. The average molecular weight is 345 g/mol. The van der Waals surface area contributed by atoms with E-state index in [9.17, 15) is 8.42 Å². The lowest BCUT2D eigenvalue weighted by Gasteiger charge is -2.24. The fourth-order valence-electron chi connectivity index (χ4n) is 3.25. The molecule has 24 heavy (non-hydrogen) atoms. The smallest absolute Gasteiger partial charge is 0.243 e. The Balaban J connectivity index is 1.96. The van der Waals surface area contributed by atoms with Gasteiger partial charge in [0.15, 0.2) is 0 Å². The van der Waals surface area contributed by atoms with E-state index in [0.29, 0.717) is 17.4 Å². The van der Waals surface area contributed by atoms with Gasteiger partial charge in [-0.05, 0) is 49.1 Å². The van der Waals surface area contributed by atoms with E-state index < -0.39 is 10.0 Å². The monoisotopic (exact) mass is 345 g/mol. The van der Waals surface area contributed by atoms with E-state index in [-0.39, 0.29) is 6.04 Å². The van der Waals surface area contributed by atoms with E-state index in [1.807, 2.05) is 43.3 Å². The van der Waals surface area contributed by atoms with Gasteiger partial charge in [-0.1, -0.05) is 36.8 Å². The summed E-state index contributed by atoms with van der Waals surface area (Å²) < 4.78 is 33.0. The predicted molar refractivity (Wildman–Crippen MR) is 94.6 cm³/mol. The Labute approximate surface area is 144 Å². The Morgan fingerprint density at radius 1 is 1.04 bits per heavy atom. The van der Waals surface area contributed by atoms with Crippen LogP contribution in [0.15, 0.2) is 53.4 Å². The Morgan fingerprint density at radius 2 is 1.67 bits per heavy atom. The van der Waals surface area contributed by atoms with Gasteiger partial charge in [0.05, 0.1) is 18.0 Å². The lowest BCUT2D eigenvalue weighted by molar-refractivity contribution is 0.393. The summed E-state index contributed by atoms with van der Waals surface area (Å²) in [4.78, 5) is 0.362. The van der Waals surface area contributed by atoms with Crippen molar-refractivity contribution in [3.8, 4) is 5.75 Å². The molecule has 0 aliphatic carbocycles. The maximum atomic E-state index is 13.1. The van der Waals surface area contributed by atoms with Crippen LogP contribution in [0.3, 0.4) is 0 Å². The summed E-state index contributed by atoms with van der Waals surface area (Å²) in [6.07, 6.45) is 0.831. The highest BCUT2D eigenvalue weighted by atomic mass is 32.2. The number of sulfonamides is 1. The molecule has 1 fully saturated rings. The summed E-state index contributed by atoms with van der Waals surface area (Å²) in [5.74, 6) is 1.11. The molecule has 2 aromatic rings. The largest absolute Gasteiger partial charge is 0.497 e. The molecule has 2 unspecified atom stereocenters. The average Bonchev–Trinajstić information content (AvgIpc) is 2.98. The van der Waals surface area contributed by atoms with E-state index in [0.717, 1.165) is 23.3 Å². The van der Waals surface area contributed by atoms with Crippen molar-refractivity contribution in [1.82, 2.24) is 4.31 Å². The Hall–Kier alpha value is -1.85. The molecule has 0 spiro atoms. The van der Waals surface area contributed by atoms with Gasteiger partial charge in [0.1, 0.15) is 5.75 Å². The van der Waals surface area contributed by atoms with Crippen molar-refractivity contribution in [3.05, 3.63) is 59.7 Å². The molecule has 5 heteroatoms. The van der Waals surface area contributed by atoms with Gasteiger partial charge < -0.3 is 4.74 Å². The summed E-state index contributed by atoms with van der Waals surface area (Å²) in [7, 11) is -1.87. The SMILES string of the molecule is COc1ccc(C2CC(C)CN2S(=O)(=O)c2ccc(C)cc2)cc1. The number of ether oxygens (including phenoxy) is 1. The zero-order chi connectivity index (χ0) is 17.3. The highest BCUT2D eigenvalue weighted by Crippen LogP contribution is 2.39. The third-order valence-electron chi connectivity index (χ3n) is 4.59. The van der Waals surface area contributed by atoms with Crippen molar-refractivity contribution < 1.29 is 13.2 Å². The van der Waals surface area contributed by atoms with Gasteiger partial charge >= 0.3 is 0 Å². The first kappa shape index (κ1) is 17.0. The lowest BCUT2D eigenvalue weighted by Crippen LogP contribution is -2.31. The zero-order valence-corrected chi connectivity index (χ0v) is 15.1. The normalized spacial score (nSPS) is 21.8. The van der Waals surface area contributed by atoms with Gasteiger partial charge in [-0.15, -0.1) is 0 Å². The van der Waals surface area contributed by atoms with Crippen molar-refractivity contribution in [2.24, 2.45) is 5.92 Å². The summed E-state index contributed by atoms with van der Waals surface area (Å²) in [5.41, 5.74) is 2.06. The van der Waals surface area contributed by atoms with Crippen LogP contribution in [0.2, 0.25) is 0 Å². The van der Waals surface area contributed by atoms with Crippen LogP contribution in [0.4, 0.5) is 0 Å². The molecule has 0 N–H and O–H groups in total. The molecule has 0 saturated carbocycles. The second kappa shape index (κ2) is 6.57. The number of aryl methyl sites for hydroxylation is 1. The summed E-state index contributed by atoms with van der Waals surface area (Å²) in [6.45, 7) is 4.60. The predicted octanol–water partition coefficient (Wildman–Crippen LogP) is 3.78. The Bertz CT molecular complexity index is 798. The fraction of sp³-hybridized carbons (Fsp3) is 0.368. The van der Waals surface area contributed by atoms with Gasteiger partial charge in [0, 0.05) is 6.54 Å². The molecule has 4 nitrogen and oxygen atoms in total. The number of rotatable bonds is 4. The van der Waals surface area contributed by atoms with E-state index in [1.165, 1.54) is 0 Å². The van der Waals surface area contributed by atoms with Gasteiger partial charge in [0.2, 0.25) is 10.0 Å². The van der Waals surface area contributed by atoms with Crippen molar-refractivity contribution in [3.63, 3.8) is 0 Å². The third-order valence-corrected chi connectivity index (χ3v) is 6.48. The van der Waals surface area contributed by atoms with Gasteiger partial charge in [-0.2, -0.15) is 4.31 Å². The molecule has 0 aromatic heterocycles. The van der Waals surface area contributed by atoms with Crippen LogP contribution in [-0.4, -0.2) is 26.4 Å². The summed E-state index contributed by atoms with van der Waals surface area (Å²) in [6, 6.07) is 14.6. The number of nitrogens with zero attached hydrogens (tertiary/aromatic N) is 1. The first-order chi connectivity index (χ1) is 11.4. The quantitative estimate of drug-likeness (QED) is 0.847. The van der Waals surface area contributed by atoms with Crippen molar-refractivity contribution >= 4 is 10.0 Å². The topological polar surface area (TPSA) is 46.6 Å². The highest BCUT2D eigenvalue weighted by molar-refractivity contribution is 7.89. The second-order valence-electron chi connectivity index (χ2n) is 6.52. The molecule has 0 amide bonds. The van der Waals surface area contributed by atoms with E-state index >= 15 is 0 Å². The first-order valence-electron chi connectivity index (χ1n) is 8.14. The minimum atomic E-state index is -3.50. The van der Waals surface area contributed by atoms with E-state index in [2.05, 4.69) is 6.92 Å². The van der Waals surface area contributed by atoms with Crippen LogP contribution < -0.4 is 4.74 Å². The summed E-state index contributed by atoms with van der Waals surface area (Å²) >= 11 is 0. The van der Waals surface area contributed by atoms with Crippen LogP contribution in [0.5, 0.6) is 5.75 Å². The van der Waals surface area contributed by atoms with Gasteiger partial charge in [0.25, 0.3) is 0 Å². The first-order valence-corrected chi connectivity index (χ1v) is 9.58. The van der Waals surface area contributed by atoms with E-state index in [4.69, 9.17) is 4.74 Å². The maximum Gasteiger partial charge on any atom is 0.243 e. The molecule has 2 atom stereocenters. The molecule has 0 radical (unpaired) electrons. The minimum Gasteiger partial charge on any atom is -0.497 e. The minimum absolute atomic E-state index is 0.128. The van der Waals surface area contributed by atoms with Crippen molar-refractivity contribution in [2.75, 3.05) is 13.7 Å². The van der Waals surface area contributed by atoms with Gasteiger partial charge in [-0.25, -0.2) is 8.42 Å². The van der Waals surface area contributed by atoms with Crippen molar-refractivity contribution in [2.45, 2.75) is 31.2 Å². The zero-order valence-electron chi connectivity index (χ0n) is 14.3. The molecule has 1 heterocycles. The van der Waals surface area contributed by atoms with Gasteiger partial charge in [-0.3, -0.25) is 0 Å². The van der Waals surface area contributed by atoms with Crippen LogP contribution in [0, 0.1) is 12.8 Å². The summed E-state index contributed by atoms with van der Waals surface area (Å²) in [5, 5.41) is 0. The maximum absolute atomic E-state index is 13.1. The van der Waals surface area contributed by atoms with Crippen LogP contribution in [-0.2, 0) is 10.0 Å². The third kappa shape index (κ3) is 3.19. The lowest BCUT2D eigenvalue weighted by atomic mass is 10.0. The number of methoxy groups -OCH3 is 1. The Morgan fingerprint density at radius 3 is 2.25 bits per heavy atom. The number of hydrogen-bond acceptors (Lipinski definition) is 3. The molecule has 0 bridgehead atoms. The molecular formula is C19H23NO3S. The van der Waals surface area contributed by atoms with Crippen LogP contribution in [0.25, 0.3) is 0 Å².